The van der Waals surface area contributed by atoms with Gasteiger partial charge in [-0.05, 0) is 67.6 Å². The average Bonchev–Trinajstić information content (AvgIpc) is 3.04. The molecule has 2 aromatic heterocycles. The van der Waals surface area contributed by atoms with Crippen LogP contribution in [-0.4, -0.2) is 33.3 Å². The lowest BCUT2D eigenvalue weighted by molar-refractivity contribution is -0.118. The lowest BCUT2D eigenvalue weighted by Crippen LogP contribution is -2.34. The predicted octanol–water partition coefficient (Wildman–Crippen LogP) is 3.95. The van der Waals surface area contributed by atoms with Gasteiger partial charge in [0.25, 0.3) is 0 Å². The van der Waals surface area contributed by atoms with Crippen LogP contribution in [0.4, 0.5) is 5.69 Å². The Bertz CT molecular complexity index is 720. The molecule has 2 unspecified atom stereocenters. The molecule has 0 saturated carbocycles. The van der Waals surface area contributed by atoms with E-state index in [1.807, 2.05) is 12.4 Å². The Labute approximate surface area is 140 Å². The molecule has 2 aliphatic rings. The number of nitrogens with one attached hydrogen (secondary N) is 2. The molecule has 2 aliphatic heterocycles. The summed E-state index contributed by atoms with van der Waals surface area (Å²) in [5.41, 5.74) is 3.38. The molecule has 1 saturated heterocycles. The third-order valence-corrected chi connectivity index (χ3v) is 6.38. The van der Waals surface area contributed by atoms with Gasteiger partial charge < -0.3 is 10.3 Å². The van der Waals surface area contributed by atoms with Crippen molar-refractivity contribution in [1.82, 2.24) is 9.97 Å². The van der Waals surface area contributed by atoms with Crippen LogP contribution in [-0.2, 0) is 4.79 Å². The van der Waals surface area contributed by atoms with Gasteiger partial charge in [0.1, 0.15) is 5.65 Å². The fourth-order valence-corrected chi connectivity index (χ4v) is 5.30. The molecule has 0 bridgehead atoms. The summed E-state index contributed by atoms with van der Waals surface area (Å²) in [6, 6.07) is 2.06. The first-order valence-electron chi connectivity index (χ1n) is 8.53. The first-order chi connectivity index (χ1) is 11.2. The number of hydrogen-bond donors (Lipinski definition) is 2. The van der Waals surface area contributed by atoms with E-state index in [2.05, 4.69) is 33.1 Å². The summed E-state index contributed by atoms with van der Waals surface area (Å²) in [4.78, 5) is 19.7. The minimum absolute atomic E-state index is 0.0661. The molecular weight excluding hydrogens is 306 g/mol. The molecule has 4 heterocycles. The number of thioether (sulfide) groups is 1. The van der Waals surface area contributed by atoms with Crippen molar-refractivity contribution >= 4 is 34.3 Å². The number of anilines is 1. The highest BCUT2D eigenvalue weighted by atomic mass is 32.2. The maximum absolute atomic E-state index is 12.0. The fourth-order valence-electron chi connectivity index (χ4n) is 4.10. The highest BCUT2D eigenvalue weighted by molar-refractivity contribution is 7.99. The molecule has 0 radical (unpaired) electrons. The van der Waals surface area contributed by atoms with Crippen molar-refractivity contribution in [3.05, 3.63) is 24.0 Å². The van der Waals surface area contributed by atoms with E-state index in [4.69, 9.17) is 0 Å². The molecule has 4 nitrogen and oxygen atoms in total. The highest BCUT2D eigenvalue weighted by Crippen LogP contribution is 2.43. The van der Waals surface area contributed by atoms with E-state index in [9.17, 15) is 4.79 Å². The Morgan fingerprint density at radius 3 is 3.00 bits per heavy atom. The molecule has 0 spiro atoms. The molecule has 0 amide bonds. The largest absolute Gasteiger partial charge is 0.374 e. The number of fused-ring (bicyclic) bond motifs is 3. The summed E-state index contributed by atoms with van der Waals surface area (Å²) < 4.78 is 0. The average molecular weight is 329 g/mol. The quantitative estimate of drug-likeness (QED) is 0.895. The van der Waals surface area contributed by atoms with Crippen molar-refractivity contribution in [1.29, 1.82) is 0 Å². The minimum Gasteiger partial charge on any atom is -0.374 e. The van der Waals surface area contributed by atoms with Gasteiger partial charge in [-0.1, -0.05) is 0 Å². The number of hydrogen-bond acceptors (Lipinski definition) is 4. The third-order valence-electron chi connectivity index (χ3n) is 5.34. The molecule has 0 aromatic carbocycles. The molecule has 4 rings (SSSR count). The standard InChI is InChI=1S/C18H23N3OS/c1-11(22)15-9-13(8-12-3-6-23-7-4-12)17-14-2-5-19-18(14)20-10-16(17)21-15/h2,5,10,12-13,15,21H,3-4,6-9H2,1H3,(H,19,20). The number of pyridine rings is 1. The van der Waals surface area contributed by atoms with Crippen LogP contribution in [0.3, 0.4) is 0 Å². The molecule has 2 aromatic rings. The van der Waals surface area contributed by atoms with Gasteiger partial charge in [0.05, 0.1) is 17.9 Å². The molecule has 1 fully saturated rings. The Morgan fingerprint density at radius 1 is 1.39 bits per heavy atom. The monoisotopic (exact) mass is 329 g/mol. The van der Waals surface area contributed by atoms with E-state index in [0.29, 0.717) is 5.92 Å². The molecule has 23 heavy (non-hydrogen) atoms. The molecule has 2 atom stereocenters. The molecular formula is C18H23N3OS. The Morgan fingerprint density at radius 2 is 2.22 bits per heavy atom. The van der Waals surface area contributed by atoms with Gasteiger partial charge in [0.2, 0.25) is 0 Å². The summed E-state index contributed by atoms with van der Waals surface area (Å²) in [7, 11) is 0. The molecule has 122 valence electrons. The predicted molar refractivity (Wildman–Crippen MR) is 96.2 cm³/mol. The smallest absolute Gasteiger partial charge is 0.151 e. The van der Waals surface area contributed by atoms with Crippen LogP contribution in [0.2, 0.25) is 0 Å². The zero-order valence-electron chi connectivity index (χ0n) is 13.5. The fraction of sp³-hybridized carbons (Fsp3) is 0.556. The minimum atomic E-state index is -0.0661. The number of ketones is 1. The van der Waals surface area contributed by atoms with Crippen LogP contribution in [0.25, 0.3) is 11.0 Å². The summed E-state index contributed by atoms with van der Waals surface area (Å²) in [5, 5.41) is 4.63. The number of carbonyl (C=O) groups excluding carboxylic acids is 1. The van der Waals surface area contributed by atoms with E-state index < -0.39 is 0 Å². The van der Waals surface area contributed by atoms with Crippen molar-refractivity contribution in [3.63, 3.8) is 0 Å². The van der Waals surface area contributed by atoms with Crippen LogP contribution in [0.5, 0.6) is 0 Å². The van der Waals surface area contributed by atoms with Crippen LogP contribution in [0, 0.1) is 5.92 Å². The second-order valence-corrected chi connectivity index (χ2v) is 8.08. The van der Waals surface area contributed by atoms with Gasteiger partial charge >= 0.3 is 0 Å². The van der Waals surface area contributed by atoms with Crippen LogP contribution in [0.15, 0.2) is 18.5 Å². The molecule has 5 heteroatoms. The number of Topliss-reactive ketones (excluding diaryl/α,β-unsaturated/α-hetero) is 1. The molecule has 0 aliphatic carbocycles. The van der Waals surface area contributed by atoms with Gasteiger partial charge in [-0.25, -0.2) is 4.98 Å². The van der Waals surface area contributed by atoms with Gasteiger partial charge in [-0.15, -0.1) is 0 Å². The highest BCUT2D eigenvalue weighted by Gasteiger charge is 2.32. The normalized spacial score (nSPS) is 25.1. The van der Waals surface area contributed by atoms with Crippen LogP contribution < -0.4 is 5.32 Å². The van der Waals surface area contributed by atoms with Crippen LogP contribution in [0.1, 0.15) is 44.1 Å². The van der Waals surface area contributed by atoms with E-state index in [1.54, 1.807) is 6.92 Å². The van der Waals surface area contributed by atoms with Crippen molar-refractivity contribution < 1.29 is 4.79 Å². The van der Waals surface area contributed by atoms with Crippen molar-refractivity contribution in [2.45, 2.75) is 44.6 Å². The topological polar surface area (TPSA) is 57.8 Å². The lowest BCUT2D eigenvalue weighted by atomic mass is 9.78. The number of aromatic amines is 1. The maximum atomic E-state index is 12.0. The number of H-pyrrole nitrogens is 1. The number of rotatable bonds is 3. The zero-order chi connectivity index (χ0) is 15.8. The van der Waals surface area contributed by atoms with Gasteiger partial charge in [0, 0.05) is 11.6 Å². The second kappa shape index (κ2) is 6.19. The summed E-state index contributed by atoms with van der Waals surface area (Å²) in [6.45, 7) is 1.69. The van der Waals surface area contributed by atoms with Crippen molar-refractivity contribution in [2.24, 2.45) is 5.92 Å². The number of aromatic nitrogens is 2. The van der Waals surface area contributed by atoms with E-state index in [1.165, 1.54) is 41.7 Å². The lowest BCUT2D eigenvalue weighted by Gasteiger charge is -2.35. The first kappa shape index (κ1) is 15.1. The summed E-state index contributed by atoms with van der Waals surface area (Å²) in [5.74, 6) is 4.05. The SMILES string of the molecule is CC(=O)C1CC(CC2CCSCC2)c2c(cnc3[nH]ccc23)N1. The summed E-state index contributed by atoms with van der Waals surface area (Å²) in [6.07, 6.45) is 8.60. The Hall–Kier alpha value is -1.49. The van der Waals surface area contributed by atoms with Crippen molar-refractivity contribution in [2.75, 3.05) is 16.8 Å². The molecule has 2 N–H and O–H groups in total. The van der Waals surface area contributed by atoms with Gasteiger partial charge in [-0.3, -0.25) is 4.79 Å². The Kier molecular flexibility index (Phi) is 4.05. The maximum Gasteiger partial charge on any atom is 0.151 e. The van der Waals surface area contributed by atoms with Gasteiger partial charge in [-0.2, -0.15) is 11.8 Å². The zero-order valence-corrected chi connectivity index (χ0v) is 14.3. The summed E-state index contributed by atoms with van der Waals surface area (Å²) >= 11 is 2.07. The number of carbonyl (C=O) groups is 1. The van der Waals surface area contributed by atoms with Crippen LogP contribution >= 0.6 is 11.8 Å². The Balaban J connectivity index is 1.71. The van der Waals surface area contributed by atoms with E-state index >= 15 is 0 Å². The van der Waals surface area contributed by atoms with E-state index in [0.717, 1.165) is 23.7 Å². The van der Waals surface area contributed by atoms with Gasteiger partial charge in [0.15, 0.2) is 5.78 Å². The van der Waals surface area contributed by atoms with Crippen molar-refractivity contribution in [3.8, 4) is 0 Å². The van der Waals surface area contributed by atoms with E-state index in [-0.39, 0.29) is 11.8 Å². The number of nitrogens with zero attached hydrogens (tertiary/aromatic N) is 1. The second-order valence-electron chi connectivity index (χ2n) is 6.86. The third kappa shape index (κ3) is 2.87. The first-order valence-corrected chi connectivity index (χ1v) is 9.68.